The van der Waals surface area contributed by atoms with Crippen LogP contribution in [-0.2, 0) is 0 Å². The van der Waals surface area contributed by atoms with Crippen LogP contribution in [0.1, 0.15) is 0 Å². The van der Waals surface area contributed by atoms with Gasteiger partial charge in [-0.1, -0.05) is 6.07 Å². The normalized spacial score (nSPS) is 10.3. The van der Waals surface area contributed by atoms with Gasteiger partial charge in [0.25, 0.3) is 0 Å². The molecular formula is C14H18N4O2. The van der Waals surface area contributed by atoms with Gasteiger partial charge in [-0.2, -0.15) is 0 Å². The first-order valence-electron chi connectivity index (χ1n) is 5.94. The van der Waals surface area contributed by atoms with E-state index in [0.717, 1.165) is 5.56 Å². The van der Waals surface area contributed by atoms with E-state index in [1.807, 2.05) is 6.07 Å². The van der Waals surface area contributed by atoms with Gasteiger partial charge in [0.05, 0.1) is 42.5 Å². The molecule has 0 aromatic heterocycles. The highest BCUT2D eigenvalue weighted by atomic mass is 16.5. The number of hydrogen-bond donors (Lipinski definition) is 4. The molecule has 0 amide bonds. The van der Waals surface area contributed by atoms with Crippen molar-refractivity contribution in [3.63, 3.8) is 0 Å². The maximum atomic E-state index is 5.96. The molecule has 0 saturated carbocycles. The van der Waals surface area contributed by atoms with Crippen LogP contribution >= 0.6 is 0 Å². The number of benzene rings is 2. The summed E-state index contributed by atoms with van der Waals surface area (Å²) in [6, 6.07) is 6.93. The zero-order chi connectivity index (χ0) is 14.9. The molecule has 6 heteroatoms. The van der Waals surface area contributed by atoms with Crippen LogP contribution in [0, 0.1) is 0 Å². The lowest BCUT2D eigenvalue weighted by molar-refractivity contribution is 0.399. The highest BCUT2D eigenvalue weighted by Crippen LogP contribution is 2.45. The second-order valence-electron chi connectivity index (χ2n) is 4.33. The summed E-state index contributed by atoms with van der Waals surface area (Å²) in [4.78, 5) is 0. The lowest BCUT2D eigenvalue weighted by Crippen LogP contribution is -2.03. The smallest absolute Gasteiger partial charge is 0.155 e. The first-order chi connectivity index (χ1) is 9.49. The van der Waals surface area contributed by atoms with Crippen molar-refractivity contribution in [1.29, 1.82) is 0 Å². The van der Waals surface area contributed by atoms with Gasteiger partial charge >= 0.3 is 0 Å². The third-order valence-electron chi connectivity index (χ3n) is 3.12. The van der Waals surface area contributed by atoms with Crippen molar-refractivity contribution < 1.29 is 9.47 Å². The number of nitrogen functional groups attached to an aromatic ring is 4. The van der Waals surface area contributed by atoms with E-state index < -0.39 is 0 Å². The zero-order valence-electron chi connectivity index (χ0n) is 11.4. The second kappa shape index (κ2) is 5.08. The van der Waals surface area contributed by atoms with Gasteiger partial charge in [0, 0.05) is 6.07 Å². The average Bonchev–Trinajstić information content (AvgIpc) is 2.44. The minimum atomic E-state index is 0.360. The first kappa shape index (κ1) is 13.7. The van der Waals surface area contributed by atoms with E-state index in [4.69, 9.17) is 32.4 Å². The quantitative estimate of drug-likeness (QED) is 0.632. The van der Waals surface area contributed by atoms with E-state index in [-0.39, 0.29) is 0 Å². The highest BCUT2D eigenvalue weighted by molar-refractivity contribution is 5.90. The summed E-state index contributed by atoms with van der Waals surface area (Å²) in [6.45, 7) is 0. The van der Waals surface area contributed by atoms with Gasteiger partial charge in [0.2, 0.25) is 0 Å². The zero-order valence-corrected chi connectivity index (χ0v) is 11.4. The van der Waals surface area contributed by atoms with E-state index in [1.165, 1.54) is 7.11 Å². The van der Waals surface area contributed by atoms with Crippen molar-refractivity contribution in [2.75, 3.05) is 37.2 Å². The number of anilines is 4. The molecule has 8 N–H and O–H groups in total. The van der Waals surface area contributed by atoms with Crippen LogP contribution < -0.4 is 32.4 Å². The van der Waals surface area contributed by atoms with Crippen LogP contribution in [0.15, 0.2) is 24.3 Å². The summed E-state index contributed by atoms with van der Waals surface area (Å²) in [7, 11) is 3.07. The molecule has 6 nitrogen and oxygen atoms in total. The van der Waals surface area contributed by atoms with Gasteiger partial charge in [0.1, 0.15) is 5.75 Å². The van der Waals surface area contributed by atoms with E-state index in [2.05, 4.69) is 0 Å². The topological polar surface area (TPSA) is 123 Å². The Morgan fingerprint density at radius 3 is 2.05 bits per heavy atom. The van der Waals surface area contributed by atoms with Gasteiger partial charge in [-0.25, -0.2) is 0 Å². The van der Waals surface area contributed by atoms with Crippen molar-refractivity contribution in [3.05, 3.63) is 24.3 Å². The lowest BCUT2D eigenvalue weighted by atomic mass is 10.0. The third kappa shape index (κ3) is 2.11. The van der Waals surface area contributed by atoms with Crippen LogP contribution in [0.2, 0.25) is 0 Å². The van der Waals surface area contributed by atoms with E-state index in [1.54, 1.807) is 25.3 Å². The maximum Gasteiger partial charge on any atom is 0.155 e. The molecule has 0 bridgehead atoms. The Morgan fingerprint density at radius 1 is 0.800 bits per heavy atom. The van der Waals surface area contributed by atoms with Crippen molar-refractivity contribution in [2.45, 2.75) is 0 Å². The molecule has 0 atom stereocenters. The predicted octanol–water partition coefficient (Wildman–Crippen LogP) is 1.70. The molecule has 0 unspecified atom stereocenters. The number of ether oxygens (including phenoxy) is 2. The van der Waals surface area contributed by atoms with Gasteiger partial charge < -0.3 is 32.4 Å². The molecule has 0 fully saturated rings. The van der Waals surface area contributed by atoms with Crippen LogP contribution in [0.25, 0.3) is 11.1 Å². The number of rotatable bonds is 3. The van der Waals surface area contributed by atoms with E-state index >= 15 is 0 Å². The molecule has 0 saturated heterocycles. The minimum absolute atomic E-state index is 0.360. The van der Waals surface area contributed by atoms with Gasteiger partial charge in [-0.05, 0) is 17.7 Å². The highest BCUT2D eigenvalue weighted by Gasteiger charge is 2.18. The minimum Gasteiger partial charge on any atom is -0.496 e. The molecule has 0 aliphatic rings. The van der Waals surface area contributed by atoms with Crippen LogP contribution in [0.3, 0.4) is 0 Å². The van der Waals surface area contributed by atoms with Crippen LogP contribution in [0.5, 0.6) is 11.5 Å². The SMILES string of the molecule is COc1cc(N)c(N)c(OC)c1-c1ccc(N)c(N)c1. The summed E-state index contributed by atoms with van der Waals surface area (Å²) in [5.41, 5.74) is 26.6. The van der Waals surface area contributed by atoms with Gasteiger partial charge in [-0.15, -0.1) is 0 Å². The summed E-state index contributed by atoms with van der Waals surface area (Å²) >= 11 is 0. The Morgan fingerprint density at radius 2 is 1.50 bits per heavy atom. The molecule has 0 aliphatic carbocycles. The van der Waals surface area contributed by atoms with Crippen molar-refractivity contribution in [2.24, 2.45) is 0 Å². The lowest BCUT2D eigenvalue weighted by Gasteiger charge is -2.17. The number of nitrogens with two attached hydrogens (primary N) is 4. The number of hydrogen-bond acceptors (Lipinski definition) is 6. The summed E-state index contributed by atoms with van der Waals surface area (Å²) in [5.74, 6) is 1.00. The van der Waals surface area contributed by atoms with Gasteiger partial charge in [-0.3, -0.25) is 0 Å². The van der Waals surface area contributed by atoms with Crippen LogP contribution in [0.4, 0.5) is 22.7 Å². The summed E-state index contributed by atoms with van der Waals surface area (Å²) in [6.07, 6.45) is 0. The average molecular weight is 274 g/mol. The fourth-order valence-corrected chi connectivity index (χ4v) is 2.05. The fourth-order valence-electron chi connectivity index (χ4n) is 2.05. The number of methoxy groups -OCH3 is 2. The van der Waals surface area contributed by atoms with Crippen molar-refractivity contribution in [3.8, 4) is 22.6 Å². The molecule has 2 rings (SSSR count). The predicted molar refractivity (Wildman–Crippen MR) is 82.6 cm³/mol. The van der Waals surface area contributed by atoms with E-state index in [0.29, 0.717) is 39.8 Å². The molecule has 0 radical (unpaired) electrons. The maximum absolute atomic E-state index is 5.96. The van der Waals surface area contributed by atoms with E-state index in [9.17, 15) is 0 Å². The summed E-state index contributed by atoms with van der Waals surface area (Å²) in [5, 5.41) is 0. The molecule has 20 heavy (non-hydrogen) atoms. The van der Waals surface area contributed by atoms with Crippen LogP contribution in [-0.4, -0.2) is 14.2 Å². The Hall–Kier alpha value is -2.76. The molecule has 0 spiro atoms. The molecule has 0 aliphatic heterocycles. The summed E-state index contributed by atoms with van der Waals surface area (Å²) < 4.78 is 10.7. The van der Waals surface area contributed by atoms with Crippen molar-refractivity contribution in [1.82, 2.24) is 0 Å². The molecule has 2 aromatic carbocycles. The Kier molecular flexibility index (Phi) is 3.47. The third-order valence-corrected chi connectivity index (χ3v) is 3.12. The Balaban J connectivity index is 2.77. The molecular weight excluding hydrogens is 256 g/mol. The Labute approximate surface area is 117 Å². The Bertz CT molecular complexity index is 656. The monoisotopic (exact) mass is 274 g/mol. The van der Waals surface area contributed by atoms with Crippen molar-refractivity contribution >= 4 is 22.7 Å². The largest absolute Gasteiger partial charge is 0.496 e. The fraction of sp³-hybridized carbons (Fsp3) is 0.143. The van der Waals surface area contributed by atoms with Gasteiger partial charge in [0.15, 0.2) is 5.75 Å². The standard InChI is InChI=1S/C14H18N4O2/c1-19-11-6-10(17)13(18)14(20-2)12(11)7-3-4-8(15)9(16)5-7/h3-6H,15-18H2,1-2H3. The first-order valence-corrected chi connectivity index (χ1v) is 5.94. The second-order valence-corrected chi connectivity index (χ2v) is 4.33. The molecule has 2 aromatic rings. The molecule has 0 heterocycles. The molecule has 106 valence electrons.